The van der Waals surface area contributed by atoms with Crippen molar-refractivity contribution < 1.29 is 14.6 Å². The summed E-state index contributed by atoms with van der Waals surface area (Å²) in [6.45, 7) is 2.41. The number of carboxylic acid groups (broad SMARTS) is 1. The van der Waals surface area contributed by atoms with E-state index in [1.54, 1.807) is 23.5 Å². The highest BCUT2D eigenvalue weighted by Crippen LogP contribution is 2.35. The first-order chi connectivity index (χ1) is 13.8. The summed E-state index contributed by atoms with van der Waals surface area (Å²) in [4.78, 5) is 16.8. The van der Waals surface area contributed by atoms with Crippen LogP contribution in [-0.2, 0) is 17.6 Å². The minimum Gasteiger partial charge on any atom is -0.490 e. The molecule has 1 atom stereocenters. The number of aromatic nitrogens is 1. The zero-order valence-corrected chi connectivity index (χ0v) is 18.0. The second kappa shape index (κ2) is 9.59. The first kappa shape index (κ1) is 21.6. The molecule has 0 aliphatic heterocycles. The van der Waals surface area contributed by atoms with Crippen molar-refractivity contribution in [1.29, 1.82) is 0 Å². The molecule has 0 bridgehead atoms. The van der Waals surface area contributed by atoms with Gasteiger partial charge in [-0.05, 0) is 31.0 Å². The standard InChI is InChI=1S/C21H20Cl2N2O3S/c1-12-18(25-20(29-12)14-5-3-2-4-6-14)7-8-28-19-15(22)9-13(10-16(19)23)11-17(24)21(26)27/h2-6,9-10,17H,7-8,11,24H2,1H3,(H,26,27). The van der Waals surface area contributed by atoms with E-state index in [0.29, 0.717) is 34.4 Å². The highest BCUT2D eigenvalue weighted by molar-refractivity contribution is 7.15. The Morgan fingerprint density at radius 3 is 2.52 bits per heavy atom. The number of aryl methyl sites for hydroxylation is 1. The summed E-state index contributed by atoms with van der Waals surface area (Å²) in [5, 5.41) is 10.6. The van der Waals surface area contributed by atoms with Crippen LogP contribution in [0.5, 0.6) is 5.75 Å². The van der Waals surface area contributed by atoms with E-state index in [4.69, 9.17) is 43.8 Å². The molecule has 3 aromatic rings. The molecule has 0 fully saturated rings. The maximum Gasteiger partial charge on any atom is 0.320 e. The summed E-state index contributed by atoms with van der Waals surface area (Å²) in [7, 11) is 0. The third kappa shape index (κ3) is 5.48. The monoisotopic (exact) mass is 450 g/mol. The van der Waals surface area contributed by atoms with E-state index in [1.165, 1.54) is 0 Å². The van der Waals surface area contributed by atoms with Crippen molar-refractivity contribution in [1.82, 2.24) is 4.98 Å². The van der Waals surface area contributed by atoms with Crippen LogP contribution in [0.2, 0.25) is 10.0 Å². The number of carbonyl (C=O) groups is 1. The normalized spacial score (nSPS) is 12.0. The number of carboxylic acids is 1. The van der Waals surface area contributed by atoms with E-state index < -0.39 is 12.0 Å². The molecule has 1 heterocycles. The lowest BCUT2D eigenvalue weighted by Gasteiger charge is -2.13. The van der Waals surface area contributed by atoms with Crippen LogP contribution in [0.3, 0.4) is 0 Å². The molecule has 29 heavy (non-hydrogen) atoms. The Morgan fingerprint density at radius 1 is 1.24 bits per heavy atom. The Hall–Kier alpha value is -2.12. The Kier molecular flexibility index (Phi) is 7.14. The average molecular weight is 451 g/mol. The van der Waals surface area contributed by atoms with Crippen molar-refractivity contribution in [3.63, 3.8) is 0 Å². The molecular formula is C21H20Cl2N2O3S. The number of aliphatic carboxylic acids is 1. The van der Waals surface area contributed by atoms with Gasteiger partial charge in [0.05, 0.1) is 22.3 Å². The van der Waals surface area contributed by atoms with Crippen molar-refractivity contribution in [3.8, 4) is 16.3 Å². The lowest BCUT2D eigenvalue weighted by molar-refractivity contribution is -0.138. The molecule has 0 amide bonds. The Labute approximate surface area is 183 Å². The largest absolute Gasteiger partial charge is 0.490 e. The number of thiazole rings is 1. The fourth-order valence-corrected chi connectivity index (χ4v) is 4.43. The van der Waals surface area contributed by atoms with Crippen LogP contribution in [-0.4, -0.2) is 28.7 Å². The molecule has 2 aromatic carbocycles. The number of nitrogens with zero attached hydrogens (tertiary/aromatic N) is 1. The predicted molar refractivity (Wildman–Crippen MR) is 117 cm³/mol. The van der Waals surface area contributed by atoms with E-state index in [0.717, 1.165) is 21.1 Å². The van der Waals surface area contributed by atoms with Gasteiger partial charge in [-0.25, -0.2) is 4.98 Å². The molecule has 8 heteroatoms. The van der Waals surface area contributed by atoms with E-state index in [1.807, 2.05) is 37.3 Å². The Morgan fingerprint density at radius 2 is 1.90 bits per heavy atom. The minimum absolute atomic E-state index is 0.134. The number of halogens is 2. The van der Waals surface area contributed by atoms with Crippen LogP contribution in [0, 0.1) is 6.92 Å². The maximum atomic E-state index is 10.9. The fraction of sp³-hybridized carbons (Fsp3) is 0.238. The third-order valence-corrected chi connectivity index (χ3v) is 5.95. The topological polar surface area (TPSA) is 85.4 Å². The second-order valence-electron chi connectivity index (χ2n) is 6.52. The highest BCUT2D eigenvalue weighted by atomic mass is 35.5. The lowest BCUT2D eigenvalue weighted by Crippen LogP contribution is -2.32. The quantitative estimate of drug-likeness (QED) is 0.504. The van der Waals surface area contributed by atoms with Gasteiger partial charge in [0.25, 0.3) is 0 Å². The van der Waals surface area contributed by atoms with E-state index in [9.17, 15) is 4.79 Å². The van der Waals surface area contributed by atoms with Gasteiger partial charge in [0.1, 0.15) is 11.0 Å². The number of hydrogen-bond donors (Lipinski definition) is 2. The molecule has 0 aliphatic carbocycles. The molecule has 1 aromatic heterocycles. The van der Waals surface area contributed by atoms with Crippen LogP contribution in [0.1, 0.15) is 16.1 Å². The average Bonchev–Trinajstić information content (AvgIpc) is 3.05. The van der Waals surface area contributed by atoms with Crippen LogP contribution in [0.25, 0.3) is 10.6 Å². The number of benzene rings is 2. The molecule has 152 valence electrons. The van der Waals surface area contributed by atoms with Crippen LogP contribution < -0.4 is 10.5 Å². The molecule has 0 saturated carbocycles. The summed E-state index contributed by atoms with van der Waals surface area (Å²) >= 11 is 14.2. The van der Waals surface area contributed by atoms with Gasteiger partial charge in [0.2, 0.25) is 0 Å². The minimum atomic E-state index is -1.08. The van der Waals surface area contributed by atoms with Gasteiger partial charge in [0.15, 0.2) is 5.75 Å². The molecule has 0 spiro atoms. The fourth-order valence-electron chi connectivity index (χ4n) is 2.82. The van der Waals surface area contributed by atoms with Gasteiger partial charge in [-0.15, -0.1) is 11.3 Å². The number of ether oxygens (including phenoxy) is 1. The predicted octanol–water partition coefficient (Wildman–Crippen LogP) is 5.00. The van der Waals surface area contributed by atoms with Crippen LogP contribution >= 0.6 is 34.5 Å². The van der Waals surface area contributed by atoms with E-state index >= 15 is 0 Å². The van der Waals surface area contributed by atoms with E-state index in [2.05, 4.69) is 0 Å². The summed E-state index contributed by atoms with van der Waals surface area (Å²) in [5.74, 6) is -0.705. The molecule has 0 radical (unpaired) electrons. The number of hydrogen-bond acceptors (Lipinski definition) is 5. The molecule has 3 N–H and O–H groups in total. The van der Waals surface area contributed by atoms with Crippen molar-refractivity contribution in [2.45, 2.75) is 25.8 Å². The van der Waals surface area contributed by atoms with Crippen LogP contribution in [0.4, 0.5) is 0 Å². The number of rotatable bonds is 8. The molecule has 1 unspecified atom stereocenters. The summed E-state index contributed by atoms with van der Waals surface area (Å²) < 4.78 is 5.80. The molecular weight excluding hydrogens is 431 g/mol. The summed E-state index contributed by atoms with van der Waals surface area (Å²) in [6.07, 6.45) is 0.753. The molecule has 0 saturated heterocycles. The van der Waals surface area contributed by atoms with Crippen molar-refractivity contribution in [3.05, 3.63) is 68.6 Å². The zero-order chi connectivity index (χ0) is 21.0. The number of nitrogens with two attached hydrogens (primary N) is 1. The highest BCUT2D eigenvalue weighted by Gasteiger charge is 2.16. The molecule has 0 aliphatic rings. The first-order valence-electron chi connectivity index (χ1n) is 8.96. The lowest BCUT2D eigenvalue weighted by atomic mass is 10.1. The van der Waals surface area contributed by atoms with Gasteiger partial charge in [0, 0.05) is 16.9 Å². The summed E-state index contributed by atoms with van der Waals surface area (Å²) in [6, 6.07) is 12.3. The Bertz CT molecular complexity index is 985. The molecule has 5 nitrogen and oxygen atoms in total. The first-order valence-corrected chi connectivity index (χ1v) is 10.5. The smallest absolute Gasteiger partial charge is 0.320 e. The maximum absolute atomic E-state index is 10.9. The van der Waals surface area contributed by atoms with Gasteiger partial charge >= 0.3 is 5.97 Å². The van der Waals surface area contributed by atoms with Crippen LogP contribution in [0.15, 0.2) is 42.5 Å². The van der Waals surface area contributed by atoms with Crippen molar-refractivity contribution in [2.24, 2.45) is 5.73 Å². The Balaban J connectivity index is 1.65. The SMILES string of the molecule is Cc1sc(-c2ccccc2)nc1CCOc1c(Cl)cc(CC(N)C(=O)O)cc1Cl. The van der Waals surface area contributed by atoms with Crippen molar-refractivity contribution >= 4 is 40.5 Å². The van der Waals surface area contributed by atoms with E-state index in [-0.39, 0.29) is 6.42 Å². The van der Waals surface area contributed by atoms with Gasteiger partial charge in [-0.1, -0.05) is 53.5 Å². The third-order valence-electron chi connectivity index (χ3n) is 4.33. The zero-order valence-electron chi connectivity index (χ0n) is 15.7. The van der Waals surface area contributed by atoms with Crippen molar-refractivity contribution in [2.75, 3.05) is 6.61 Å². The van der Waals surface area contributed by atoms with Gasteiger partial charge < -0.3 is 15.6 Å². The van der Waals surface area contributed by atoms with Gasteiger partial charge in [-0.2, -0.15) is 0 Å². The second-order valence-corrected chi connectivity index (χ2v) is 8.54. The van der Waals surface area contributed by atoms with Gasteiger partial charge in [-0.3, -0.25) is 4.79 Å². The summed E-state index contributed by atoms with van der Waals surface area (Å²) in [5.41, 5.74) is 8.28. The molecule has 3 rings (SSSR count).